The monoisotopic (exact) mass is 409 g/mol. The zero-order chi connectivity index (χ0) is 21.1. The molecule has 1 saturated heterocycles. The second-order valence-corrected chi connectivity index (χ2v) is 7.58. The molecule has 30 heavy (non-hydrogen) atoms. The molecule has 1 amide bonds. The Morgan fingerprint density at radius 1 is 1.07 bits per heavy atom. The lowest BCUT2D eigenvalue weighted by Gasteiger charge is -2.24. The van der Waals surface area contributed by atoms with E-state index < -0.39 is 5.63 Å². The fraction of sp³-hybridized carbons (Fsp3) is 0.304. The van der Waals surface area contributed by atoms with Gasteiger partial charge in [-0.05, 0) is 48.4 Å². The fourth-order valence-electron chi connectivity index (χ4n) is 3.92. The van der Waals surface area contributed by atoms with Crippen LogP contribution >= 0.6 is 0 Å². The molecule has 156 valence electrons. The molecule has 1 aromatic heterocycles. The molecule has 0 radical (unpaired) electrons. The number of amides is 1. The van der Waals surface area contributed by atoms with Crippen LogP contribution in [-0.2, 0) is 11.3 Å². The molecule has 1 aliphatic heterocycles. The standard InChI is InChI=1S/C23H24FN3O3/c1-16(28)25-19-5-8-21-17(13-23(29)30-22(21)14-19)15-26-9-2-10-27(12-11-26)20-6-3-18(24)4-7-20/h3-8,13-14H,2,9-12,15H2,1H3,(H,25,28). The van der Waals surface area contributed by atoms with Gasteiger partial charge in [-0.15, -0.1) is 0 Å². The van der Waals surface area contributed by atoms with Gasteiger partial charge in [-0.2, -0.15) is 0 Å². The summed E-state index contributed by atoms with van der Waals surface area (Å²) in [5.74, 6) is -0.408. The van der Waals surface area contributed by atoms with Gasteiger partial charge >= 0.3 is 5.63 Å². The summed E-state index contributed by atoms with van der Waals surface area (Å²) in [4.78, 5) is 28.0. The molecule has 4 rings (SSSR count). The molecule has 0 aliphatic carbocycles. The van der Waals surface area contributed by atoms with E-state index in [0.717, 1.165) is 49.2 Å². The van der Waals surface area contributed by atoms with Crippen molar-refractivity contribution in [2.24, 2.45) is 0 Å². The van der Waals surface area contributed by atoms with Gasteiger partial charge in [-0.25, -0.2) is 9.18 Å². The third-order valence-corrected chi connectivity index (χ3v) is 5.32. The molecule has 0 unspecified atom stereocenters. The third kappa shape index (κ3) is 4.68. The molecule has 1 N–H and O–H groups in total. The van der Waals surface area contributed by atoms with Crippen molar-refractivity contribution >= 4 is 28.3 Å². The minimum absolute atomic E-state index is 0.178. The van der Waals surface area contributed by atoms with Crippen LogP contribution in [0.2, 0.25) is 0 Å². The van der Waals surface area contributed by atoms with Gasteiger partial charge in [0.2, 0.25) is 5.91 Å². The van der Waals surface area contributed by atoms with Gasteiger partial charge in [-0.1, -0.05) is 0 Å². The molecule has 2 heterocycles. The summed E-state index contributed by atoms with van der Waals surface area (Å²) in [6.45, 7) is 5.55. The SMILES string of the molecule is CC(=O)Nc1ccc2c(CN3CCCN(c4ccc(F)cc4)CC3)cc(=O)oc2c1. The molecular weight excluding hydrogens is 385 g/mol. The lowest BCUT2D eigenvalue weighted by atomic mass is 10.1. The zero-order valence-corrected chi connectivity index (χ0v) is 16.9. The van der Waals surface area contributed by atoms with Crippen LogP contribution in [0.1, 0.15) is 18.9 Å². The molecule has 7 heteroatoms. The number of carbonyl (C=O) groups is 1. The molecule has 0 saturated carbocycles. The van der Waals surface area contributed by atoms with E-state index in [1.54, 1.807) is 12.1 Å². The quantitative estimate of drug-likeness (QED) is 0.667. The van der Waals surface area contributed by atoms with Crippen LogP contribution < -0.4 is 15.8 Å². The van der Waals surface area contributed by atoms with Gasteiger partial charge in [0.25, 0.3) is 0 Å². The van der Waals surface area contributed by atoms with Crippen molar-refractivity contribution in [1.82, 2.24) is 4.90 Å². The Kier molecular flexibility index (Phi) is 5.81. The predicted octanol–water partition coefficient (Wildman–Crippen LogP) is 3.60. The molecule has 6 nitrogen and oxygen atoms in total. The highest BCUT2D eigenvalue weighted by Gasteiger charge is 2.17. The van der Waals surface area contributed by atoms with Crippen molar-refractivity contribution in [1.29, 1.82) is 0 Å². The van der Waals surface area contributed by atoms with Crippen LogP contribution in [-0.4, -0.2) is 37.0 Å². The highest BCUT2D eigenvalue weighted by atomic mass is 19.1. The number of benzene rings is 2. The molecule has 3 aromatic rings. The second kappa shape index (κ2) is 8.67. The number of carbonyl (C=O) groups excluding carboxylic acids is 1. The van der Waals surface area contributed by atoms with E-state index in [0.29, 0.717) is 17.8 Å². The summed E-state index contributed by atoms with van der Waals surface area (Å²) in [5, 5.41) is 3.57. The van der Waals surface area contributed by atoms with Crippen molar-refractivity contribution in [3.8, 4) is 0 Å². The summed E-state index contributed by atoms with van der Waals surface area (Å²) >= 11 is 0. The molecule has 1 fully saturated rings. The van der Waals surface area contributed by atoms with E-state index in [4.69, 9.17) is 4.42 Å². The fourth-order valence-corrected chi connectivity index (χ4v) is 3.92. The van der Waals surface area contributed by atoms with Crippen molar-refractivity contribution in [2.45, 2.75) is 19.9 Å². The number of hydrogen-bond acceptors (Lipinski definition) is 5. The van der Waals surface area contributed by atoms with Gasteiger partial charge < -0.3 is 14.6 Å². The maximum absolute atomic E-state index is 13.2. The number of anilines is 2. The van der Waals surface area contributed by atoms with Crippen LogP contribution in [0.3, 0.4) is 0 Å². The first-order chi connectivity index (χ1) is 14.5. The van der Waals surface area contributed by atoms with Gasteiger partial charge in [0.05, 0.1) is 0 Å². The summed E-state index contributed by atoms with van der Waals surface area (Å²) in [5.41, 5.74) is 2.59. The summed E-state index contributed by atoms with van der Waals surface area (Å²) < 4.78 is 18.6. The Morgan fingerprint density at radius 3 is 2.63 bits per heavy atom. The molecule has 0 bridgehead atoms. The minimum Gasteiger partial charge on any atom is -0.423 e. The topological polar surface area (TPSA) is 65.8 Å². The number of rotatable bonds is 4. The minimum atomic E-state index is -0.403. The zero-order valence-electron chi connectivity index (χ0n) is 16.9. The maximum atomic E-state index is 13.2. The van der Waals surface area contributed by atoms with Crippen LogP contribution in [0, 0.1) is 5.82 Å². The van der Waals surface area contributed by atoms with Crippen molar-refractivity contribution in [3.63, 3.8) is 0 Å². The Labute approximate surface area is 173 Å². The Hall–Kier alpha value is -3.19. The normalized spacial score (nSPS) is 15.2. The van der Waals surface area contributed by atoms with Crippen LogP contribution in [0.15, 0.2) is 57.7 Å². The highest BCUT2D eigenvalue weighted by molar-refractivity contribution is 5.92. The van der Waals surface area contributed by atoms with Gasteiger partial charge in [0.15, 0.2) is 0 Å². The van der Waals surface area contributed by atoms with Crippen molar-refractivity contribution in [2.75, 3.05) is 36.4 Å². The van der Waals surface area contributed by atoms with E-state index in [1.807, 2.05) is 24.3 Å². The Bertz CT molecular complexity index is 1110. The van der Waals surface area contributed by atoms with Crippen LogP contribution in [0.4, 0.5) is 15.8 Å². The number of nitrogens with zero attached hydrogens (tertiary/aromatic N) is 2. The third-order valence-electron chi connectivity index (χ3n) is 5.32. The number of fused-ring (bicyclic) bond motifs is 1. The van der Waals surface area contributed by atoms with E-state index in [-0.39, 0.29) is 11.7 Å². The van der Waals surface area contributed by atoms with E-state index in [2.05, 4.69) is 15.1 Å². The first-order valence-corrected chi connectivity index (χ1v) is 10.1. The van der Waals surface area contributed by atoms with E-state index in [1.165, 1.54) is 19.1 Å². The van der Waals surface area contributed by atoms with E-state index >= 15 is 0 Å². The molecule has 0 atom stereocenters. The van der Waals surface area contributed by atoms with Gasteiger partial charge in [-0.3, -0.25) is 9.69 Å². The first kappa shape index (κ1) is 20.1. The number of halogens is 1. The molecular formula is C23H24FN3O3. The van der Waals surface area contributed by atoms with E-state index in [9.17, 15) is 14.0 Å². The van der Waals surface area contributed by atoms with Gasteiger partial charge in [0.1, 0.15) is 11.4 Å². The van der Waals surface area contributed by atoms with Crippen LogP contribution in [0.5, 0.6) is 0 Å². The lowest BCUT2D eigenvalue weighted by molar-refractivity contribution is -0.114. The predicted molar refractivity (Wildman–Crippen MR) is 115 cm³/mol. The van der Waals surface area contributed by atoms with Crippen LogP contribution in [0.25, 0.3) is 11.0 Å². The van der Waals surface area contributed by atoms with Gasteiger partial charge in [0, 0.05) is 68.5 Å². The molecule has 1 aliphatic rings. The Balaban J connectivity index is 1.51. The molecule has 0 spiro atoms. The first-order valence-electron chi connectivity index (χ1n) is 10.1. The molecule has 2 aromatic carbocycles. The number of nitrogens with one attached hydrogen (secondary N) is 1. The van der Waals surface area contributed by atoms with Crippen molar-refractivity contribution in [3.05, 3.63) is 70.3 Å². The lowest BCUT2D eigenvalue weighted by Crippen LogP contribution is -2.30. The second-order valence-electron chi connectivity index (χ2n) is 7.58. The summed E-state index contributed by atoms with van der Waals surface area (Å²) in [7, 11) is 0. The van der Waals surface area contributed by atoms with Crippen molar-refractivity contribution < 1.29 is 13.6 Å². The maximum Gasteiger partial charge on any atom is 0.336 e. The summed E-state index contributed by atoms with van der Waals surface area (Å²) in [6, 6.07) is 13.5. The average molecular weight is 409 g/mol. The Morgan fingerprint density at radius 2 is 1.87 bits per heavy atom. The largest absolute Gasteiger partial charge is 0.423 e. The number of hydrogen-bond donors (Lipinski definition) is 1. The highest BCUT2D eigenvalue weighted by Crippen LogP contribution is 2.23. The smallest absolute Gasteiger partial charge is 0.336 e. The summed E-state index contributed by atoms with van der Waals surface area (Å²) in [6.07, 6.45) is 0.976. The average Bonchev–Trinajstić information content (AvgIpc) is 2.93.